The van der Waals surface area contributed by atoms with E-state index < -0.39 is 5.91 Å². The van der Waals surface area contributed by atoms with Crippen LogP contribution in [-0.2, 0) is 11.4 Å². The van der Waals surface area contributed by atoms with Crippen molar-refractivity contribution in [2.75, 3.05) is 0 Å². The minimum atomic E-state index is -0.473. The van der Waals surface area contributed by atoms with Gasteiger partial charge in [-0.3, -0.25) is 9.63 Å². The SMILES string of the molecule is O=C(NOCc1ccccc1)c1cc2ccccc2cc1O. The van der Waals surface area contributed by atoms with Crippen LogP contribution in [0.1, 0.15) is 15.9 Å². The number of benzene rings is 3. The lowest BCUT2D eigenvalue weighted by atomic mass is 10.1. The third-order valence-corrected chi connectivity index (χ3v) is 3.36. The number of rotatable bonds is 4. The number of hydrogen-bond acceptors (Lipinski definition) is 3. The molecule has 1 amide bonds. The number of carbonyl (C=O) groups excluding carboxylic acids is 1. The highest BCUT2D eigenvalue weighted by molar-refractivity contribution is 6.01. The highest BCUT2D eigenvalue weighted by atomic mass is 16.6. The van der Waals surface area contributed by atoms with Crippen LogP contribution in [0.3, 0.4) is 0 Å². The first kappa shape index (κ1) is 14.1. The topological polar surface area (TPSA) is 58.6 Å². The summed E-state index contributed by atoms with van der Waals surface area (Å²) in [7, 11) is 0. The maximum atomic E-state index is 12.1. The molecular weight excluding hydrogens is 278 g/mol. The van der Waals surface area contributed by atoms with Gasteiger partial charge in [0, 0.05) is 0 Å². The first-order chi connectivity index (χ1) is 10.7. The van der Waals surface area contributed by atoms with Crippen molar-refractivity contribution >= 4 is 16.7 Å². The molecule has 4 nitrogen and oxygen atoms in total. The van der Waals surface area contributed by atoms with Gasteiger partial charge >= 0.3 is 0 Å². The first-order valence-corrected chi connectivity index (χ1v) is 6.92. The molecule has 3 rings (SSSR count). The van der Waals surface area contributed by atoms with Crippen molar-refractivity contribution in [3.63, 3.8) is 0 Å². The normalized spacial score (nSPS) is 10.5. The Hall–Kier alpha value is -2.85. The van der Waals surface area contributed by atoms with E-state index in [9.17, 15) is 9.90 Å². The van der Waals surface area contributed by atoms with E-state index in [2.05, 4.69) is 5.48 Å². The Morgan fingerprint density at radius 2 is 1.59 bits per heavy atom. The van der Waals surface area contributed by atoms with Gasteiger partial charge in [-0.15, -0.1) is 0 Å². The Morgan fingerprint density at radius 3 is 2.32 bits per heavy atom. The summed E-state index contributed by atoms with van der Waals surface area (Å²) in [6.45, 7) is 0.265. The Labute approximate surface area is 127 Å². The molecule has 110 valence electrons. The van der Waals surface area contributed by atoms with Crippen LogP contribution < -0.4 is 5.48 Å². The van der Waals surface area contributed by atoms with Crippen LogP contribution in [0, 0.1) is 0 Å². The Kier molecular flexibility index (Phi) is 4.03. The van der Waals surface area contributed by atoms with Crippen LogP contribution in [0.25, 0.3) is 10.8 Å². The van der Waals surface area contributed by atoms with Crippen LogP contribution in [0.5, 0.6) is 5.75 Å². The minimum absolute atomic E-state index is 0.0699. The van der Waals surface area contributed by atoms with Gasteiger partial charge < -0.3 is 5.11 Å². The molecular formula is C18H15NO3. The number of nitrogens with one attached hydrogen (secondary N) is 1. The van der Waals surface area contributed by atoms with E-state index in [1.807, 2.05) is 54.6 Å². The van der Waals surface area contributed by atoms with Gasteiger partial charge in [-0.1, -0.05) is 54.6 Å². The van der Waals surface area contributed by atoms with Crippen LogP contribution >= 0.6 is 0 Å². The third-order valence-electron chi connectivity index (χ3n) is 3.36. The lowest BCUT2D eigenvalue weighted by molar-refractivity contribution is 0.0231. The molecule has 0 aromatic heterocycles. The minimum Gasteiger partial charge on any atom is -0.507 e. The maximum Gasteiger partial charge on any atom is 0.278 e. The summed E-state index contributed by atoms with van der Waals surface area (Å²) in [6.07, 6.45) is 0. The molecule has 0 fully saturated rings. The number of amides is 1. The van der Waals surface area contributed by atoms with Crippen LogP contribution in [0.15, 0.2) is 66.7 Å². The second kappa shape index (κ2) is 6.28. The van der Waals surface area contributed by atoms with Gasteiger partial charge in [0.2, 0.25) is 0 Å². The van der Waals surface area contributed by atoms with Crippen molar-refractivity contribution in [2.45, 2.75) is 6.61 Å². The van der Waals surface area contributed by atoms with Gasteiger partial charge in [-0.2, -0.15) is 0 Å². The second-order valence-electron chi connectivity index (χ2n) is 4.92. The fraction of sp³-hybridized carbons (Fsp3) is 0.0556. The average molecular weight is 293 g/mol. The molecule has 3 aromatic carbocycles. The van der Waals surface area contributed by atoms with Gasteiger partial charge in [0.25, 0.3) is 5.91 Å². The summed E-state index contributed by atoms with van der Waals surface area (Å²) in [5, 5.41) is 11.7. The number of aromatic hydroxyl groups is 1. The molecule has 0 aliphatic rings. The maximum absolute atomic E-state index is 12.1. The molecule has 2 N–H and O–H groups in total. The molecule has 0 atom stereocenters. The van der Waals surface area contributed by atoms with Crippen LogP contribution in [0.4, 0.5) is 0 Å². The number of carbonyl (C=O) groups is 1. The fourth-order valence-electron chi connectivity index (χ4n) is 2.22. The van der Waals surface area contributed by atoms with E-state index in [4.69, 9.17) is 4.84 Å². The summed E-state index contributed by atoms with van der Waals surface area (Å²) in [5.74, 6) is -0.543. The molecule has 22 heavy (non-hydrogen) atoms. The molecule has 4 heteroatoms. The average Bonchev–Trinajstić information content (AvgIpc) is 2.55. The molecule has 0 unspecified atom stereocenters. The monoisotopic (exact) mass is 293 g/mol. The highest BCUT2D eigenvalue weighted by Crippen LogP contribution is 2.24. The van der Waals surface area contributed by atoms with Crippen molar-refractivity contribution in [3.8, 4) is 5.75 Å². The van der Waals surface area contributed by atoms with Crippen LogP contribution in [0.2, 0.25) is 0 Å². The van der Waals surface area contributed by atoms with Crippen molar-refractivity contribution in [1.82, 2.24) is 5.48 Å². The summed E-state index contributed by atoms with van der Waals surface area (Å²) in [6, 6.07) is 20.3. The zero-order valence-corrected chi connectivity index (χ0v) is 11.8. The van der Waals surface area contributed by atoms with Gasteiger partial charge in [0.1, 0.15) is 5.75 Å². The summed E-state index contributed by atoms with van der Waals surface area (Å²) >= 11 is 0. The largest absolute Gasteiger partial charge is 0.507 e. The standard InChI is InChI=1S/C18H15NO3/c20-17-11-15-9-5-4-8-14(15)10-16(17)18(21)19-22-12-13-6-2-1-3-7-13/h1-11,20H,12H2,(H,19,21). The van der Waals surface area contributed by atoms with E-state index in [-0.39, 0.29) is 17.9 Å². The van der Waals surface area contributed by atoms with Crippen LogP contribution in [-0.4, -0.2) is 11.0 Å². The van der Waals surface area contributed by atoms with E-state index in [0.29, 0.717) is 0 Å². The third kappa shape index (κ3) is 3.07. The molecule has 0 radical (unpaired) electrons. The second-order valence-corrected chi connectivity index (χ2v) is 4.92. The van der Waals surface area contributed by atoms with E-state index in [1.54, 1.807) is 12.1 Å². The predicted molar refractivity (Wildman–Crippen MR) is 84.3 cm³/mol. The smallest absolute Gasteiger partial charge is 0.278 e. The van der Waals surface area contributed by atoms with Crippen molar-refractivity contribution in [1.29, 1.82) is 0 Å². The molecule has 0 saturated heterocycles. The molecule has 0 bridgehead atoms. The summed E-state index contributed by atoms with van der Waals surface area (Å²) in [4.78, 5) is 17.3. The molecule has 0 aliphatic carbocycles. The van der Waals surface area contributed by atoms with Crippen molar-refractivity contribution in [2.24, 2.45) is 0 Å². The van der Waals surface area contributed by atoms with E-state index in [0.717, 1.165) is 16.3 Å². The summed E-state index contributed by atoms with van der Waals surface area (Å²) in [5.41, 5.74) is 3.49. The number of phenols is 1. The van der Waals surface area contributed by atoms with Gasteiger partial charge in [0.15, 0.2) is 0 Å². The van der Waals surface area contributed by atoms with Crippen molar-refractivity contribution in [3.05, 3.63) is 77.9 Å². The number of hydrogen-bond donors (Lipinski definition) is 2. The molecule has 0 aliphatic heterocycles. The Balaban J connectivity index is 1.71. The molecule has 0 saturated carbocycles. The van der Waals surface area contributed by atoms with E-state index >= 15 is 0 Å². The number of hydroxylamine groups is 1. The highest BCUT2D eigenvalue weighted by Gasteiger charge is 2.12. The zero-order chi connectivity index (χ0) is 15.4. The molecule has 3 aromatic rings. The van der Waals surface area contributed by atoms with E-state index in [1.165, 1.54) is 0 Å². The number of phenolic OH excluding ortho intramolecular Hbond substituents is 1. The van der Waals surface area contributed by atoms with Crippen molar-refractivity contribution < 1.29 is 14.7 Å². The lowest BCUT2D eigenvalue weighted by Gasteiger charge is -2.08. The Bertz CT molecular complexity index is 800. The van der Waals surface area contributed by atoms with Gasteiger partial charge in [-0.05, 0) is 28.5 Å². The zero-order valence-electron chi connectivity index (χ0n) is 11.8. The van der Waals surface area contributed by atoms with Gasteiger partial charge in [-0.25, -0.2) is 5.48 Å². The fourth-order valence-corrected chi connectivity index (χ4v) is 2.22. The van der Waals surface area contributed by atoms with Gasteiger partial charge in [0.05, 0.1) is 12.2 Å². The number of fused-ring (bicyclic) bond motifs is 1. The Morgan fingerprint density at radius 1 is 0.955 bits per heavy atom. The predicted octanol–water partition coefficient (Wildman–Crippen LogP) is 3.41. The first-order valence-electron chi connectivity index (χ1n) is 6.92. The quantitative estimate of drug-likeness (QED) is 0.725. The summed E-state index contributed by atoms with van der Waals surface area (Å²) < 4.78 is 0. The lowest BCUT2D eigenvalue weighted by Crippen LogP contribution is -2.23. The molecule has 0 spiro atoms. The molecule has 0 heterocycles.